The first-order valence-electron chi connectivity index (χ1n) is 2.57. The highest BCUT2D eigenvalue weighted by Gasteiger charge is 2.22. The molecule has 0 spiro atoms. The normalized spacial score (nSPS) is 35.4. The topological polar surface area (TPSA) is 46.2 Å². The maximum absolute atomic E-state index is 10.5. The van der Waals surface area contributed by atoms with E-state index in [2.05, 4.69) is 4.72 Å². The molecule has 3 nitrogen and oxygen atoms in total. The van der Waals surface area contributed by atoms with Gasteiger partial charge in [0.1, 0.15) is 0 Å². The molecule has 0 bridgehead atoms. The van der Waals surface area contributed by atoms with Gasteiger partial charge < -0.3 is 0 Å². The molecule has 1 rings (SSSR count). The molecular weight excluding hydrogens is 126 g/mol. The molecule has 1 aliphatic rings. The first-order chi connectivity index (χ1) is 3.60. The molecule has 1 heterocycles. The highest BCUT2D eigenvalue weighted by molar-refractivity contribution is 7.89. The summed E-state index contributed by atoms with van der Waals surface area (Å²) in [7, 11) is -2.85. The average molecular weight is 135 g/mol. The van der Waals surface area contributed by atoms with Gasteiger partial charge in [-0.2, -0.15) is 0 Å². The Morgan fingerprint density at radius 1 is 1.62 bits per heavy atom. The molecule has 0 unspecified atom stereocenters. The van der Waals surface area contributed by atoms with Crippen molar-refractivity contribution in [2.75, 3.05) is 12.3 Å². The molecule has 0 aliphatic carbocycles. The highest BCUT2D eigenvalue weighted by Crippen LogP contribution is 2.05. The SMILES string of the molecule is C[C@H]1CNS(=O)(=O)C1. The third kappa shape index (κ3) is 1.20. The van der Waals surface area contributed by atoms with Crippen LogP contribution in [-0.2, 0) is 10.0 Å². The summed E-state index contributed by atoms with van der Waals surface area (Å²) in [4.78, 5) is 0. The predicted molar refractivity (Wildman–Crippen MR) is 31.0 cm³/mol. The fourth-order valence-electron chi connectivity index (χ4n) is 0.762. The second-order valence-corrected chi connectivity index (χ2v) is 4.09. The van der Waals surface area contributed by atoms with E-state index < -0.39 is 10.0 Å². The molecule has 0 aromatic heterocycles. The fraction of sp³-hybridized carbons (Fsp3) is 1.00. The van der Waals surface area contributed by atoms with Crippen LogP contribution in [0.15, 0.2) is 0 Å². The van der Waals surface area contributed by atoms with Crippen LogP contribution in [0, 0.1) is 5.92 Å². The van der Waals surface area contributed by atoms with E-state index in [4.69, 9.17) is 0 Å². The van der Waals surface area contributed by atoms with Gasteiger partial charge in [0.05, 0.1) is 5.75 Å². The van der Waals surface area contributed by atoms with E-state index in [1.54, 1.807) is 0 Å². The third-order valence-electron chi connectivity index (χ3n) is 1.16. The predicted octanol–water partition coefficient (Wildman–Crippen LogP) is -0.445. The van der Waals surface area contributed by atoms with Crippen LogP contribution in [0.1, 0.15) is 6.92 Å². The summed E-state index contributed by atoms with van der Waals surface area (Å²) in [6.45, 7) is 2.53. The maximum atomic E-state index is 10.5. The lowest BCUT2D eigenvalue weighted by Crippen LogP contribution is -2.15. The van der Waals surface area contributed by atoms with E-state index in [1.165, 1.54) is 0 Å². The molecule has 0 amide bonds. The van der Waals surface area contributed by atoms with E-state index in [0.29, 0.717) is 18.2 Å². The molecule has 0 aromatic carbocycles. The molecule has 4 heteroatoms. The number of nitrogens with one attached hydrogen (secondary N) is 1. The lowest BCUT2D eigenvalue weighted by Gasteiger charge is -1.88. The van der Waals surface area contributed by atoms with Gasteiger partial charge in [-0.1, -0.05) is 6.92 Å². The van der Waals surface area contributed by atoms with Gasteiger partial charge in [-0.25, -0.2) is 13.1 Å². The summed E-state index contributed by atoms with van der Waals surface area (Å²) in [5, 5.41) is 0. The van der Waals surface area contributed by atoms with Crippen molar-refractivity contribution in [3.63, 3.8) is 0 Å². The minimum atomic E-state index is -2.85. The number of sulfonamides is 1. The van der Waals surface area contributed by atoms with Gasteiger partial charge >= 0.3 is 0 Å². The Morgan fingerprint density at radius 2 is 2.25 bits per heavy atom. The Balaban J connectivity index is 2.71. The molecule has 1 fully saturated rings. The highest BCUT2D eigenvalue weighted by atomic mass is 32.2. The van der Waals surface area contributed by atoms with Gasteiger partial charge in [0.2, 0.25) is 10.0 Å². The average Bonchev–Trinajstić information content (AvgIpc) is 1.82. The van der Waals surface area contributed by atoms with Gasteiger partial charge in [0, 0.05) is 6.54 Å². The van der Waals surface area contributed by atoms with Crippen molar-refractivity contribution in [2.24, 2.45) is 5.92 Å². The smallest absolute Gasteiger partial charge is 0.211 e. The molecule has 8 heavy (non-hydrogen) atoms. The molecule has 0 aromatic rings. The van der Waals surface area contributed by atoms with Crippen molar-refractivity contribution in [1.29, 1.82) is 0 Å². The van der Waals surface area contributed by atoms with E-state index in [-0.39, 0.29) is 0 Å². The Bertz CT molecular complexity index is 172. The third-order valence-corrected chi connectivity index (χ3v) is 2.77. The zero-order valence-corrected chi connectivity index (χ0v) is 5.53. The fourth-order valence-corrected chi connectivity index (χ4v) is 2.28. The van der Waals surface area contributed by atoms with Gasteiger partial charge in [-0.15, -0.1) is 0 Å². The number of hydrogen-bond acceptors (Lipinski definition) is 2. The zero-order chi connectivity index (χ0) is 6.20. The minimum absolute atomic E-state index is 0.292. The Labute approximate surface area is 49.1 Å². The van der Waals surface area contributed by atoms with E-state index in [1.807, 2.05) is 6.92 Å². The van der Waals surface area contributed by atoms with Crippen LogP contribution in [0.25, 0.3) is 0 Å². The lowest BCUT2D eigenvalue weighted by molar-refractivity contribution is 0.594. The maximum Gasteiger partial charge on any atom is 0.211 e. The second kappa shape index (κ2) is 1.70. The van der Waals surface area contributed by atoms with Crippen LogP contribution in [0.2, 0.25) is 0 Å². The molecular formula is C4H9NO2S. The standard InChI is InChI=1S/C4H9NO2S/c1-4-2-5-8(6,7)3-4/h4-5H,2-3H2,1H3/t4-/m0/s1. The summed E-state index contributed by atoms with van der Waals surface area (Å²) in [6.07, 6.45) is 0. The van der Waals surface area contributed by atoms with Gasteiger partial charge in [0.15, 0.2) is 0 Å². The molecule has 1 N–H and O–H groups in total. The second-order valence-electron chi connectivity index (χ2n) is 2.24. The number of hydrogen-bond donors (Lipinski definition) is 1. The molecule has 0 saturated carbocycles. The van der Waals surface area contributed by atoms with E-state index >= 15 is 0 Å². The molecule has 1 atom stereocenters. The summed E-state index contributed by atoms with van der Waals surface area (Å²) in [6, 6.07) is 0. The van der Waals surface area contributed by atoms with Gasteiger partial charge in [-0.3, -0.25) is 0 Å². The first kappa shape index (κ1) is 6.04. The Kier molecular flexibility index (Phi) is 1.28. The molecule has 48 valence electrons. The molecule has 0 radical (unpaired) electrons. The zero-order valence-electron chi connectivity index (χ0n) is 4.72. The molecule has 1 saturated heterocycles. The quantitative estimate of drug-likeness (QED) is 0.489. The Hall–Kier alpha value is -0.0900. The summed E-state index contributed by atoms with van der Waals surface area (Å²) >= 11 is 0. The van der Waals surface area contributed by atoms with Crippen molar-refractivity contribution in [1.82, 2.24) is 4.72 Å². The van der Waals surface area contributed by atoms with Crippen LogP contribution in [-0.4, -0.2) is 20.7 Å². The van der Waals surface area contributed by atoms with Crippen LogP contribution >= 0.6 is 0 Å². The first-order valence-corrected chi connectivity index (χ1v) is 4.23. The largest absolute Gasteiger partial charge is 0.215 e. The van der Waals surface area contributed by atoms with E-state index in [9.17, 15) is 8.42 Å². The molecule has 1 aliphatic heterocycles. The summed E-state index contributed by atoms with van der Waals surface area (Å²) < 4.78 is 23.5. The van der Waals surface area contributed by atoms with Gasteiger partial charge in [0.25, 0.3) is 0 Å². The number of rotatable bonds is 0. The van der Waals surface area contributed by atoms with Crippen LogP contribution in [0.3, 0.4) is 0 Å². The van der Waals surface area contributed by atoms with Crippen molar-refractivity contribution in [3.8, 4) is 0 Å². The van der Waals surface area contributed by atoms with Crippen LogP contribution < -0.4 is 4.72 Å². The lowest BCUT2D eigenvalue weighted by atomic mass is 10.2. The van der Waals surface area contributed by atoms with Crippen molar-refractivity contribution in [3.05, 3.63) is 0 Å². The van der Waals surface area contributed by atoms with Crippen LogP contribution in [0.5, 0.6) is 0 Å². The van der Waals surface area contributed by atoms with Crippen molar-refractivity contribution in [2.45, 2.75) is 6.92 Å². The Morgan fingerprint density at radius 3 is 2.38 bits per heavy atom. The minimum Gasteiger partial charge on any atom is -0.215 e. The van der Waals surface area contributed by atoms with Crippen molar-refractivity contribution < 1.29 is 8.42 Å². The monoisotopic (exact) mass is 135 g/mol. The summed E-state index contributed by atoms with van der Waals surface area (Å²) in [5.41, 5.74) is 0. The van der Waals surface area contributed by atoms with Crippen molar-refractivity contribution >= 4 is 10.0 Å². The van der Waals surface area contributed by atoms with E-state index in [0.717, 1.165) is 0 Å². The van der Waals surface area contributed by atoms with Gasteiger partial charge in [-0.05, 0) is 5.92 Å². The summed E-state index contributed by atoms with van der Waals surface area (Å²) in [5.74, 6) is 0.590. The van der Waals surface area contributed by atoms with Crippen LogP contribution in [0.4, 0.5) is 0 Å².